The molecule has 0 saturated carbocycles. The van der Waals surface area contributed by atoms with E-state index in [1.54, 1.807) is 0 Å². The predicted octanol–water partition coefficient (Wildman–Crippen LogP) is 7.85. The van der Waals surface area contributed by atoms with E-state index in [1.807, 2.05) is 38.4 Å². The molecule has 1 aromatic carbocycles. The number of hydrogen-bond donors (Lipinski definition) is 1. The molecule has 5 heteroatoms. The molecule has 0 heterocycles. The van der Waals surface area contributed by atoms with Gasteiger partial charge in [-0.25, -0.2) is 0 Å². The van der Waals surface area contributed by atoms with E-state index in [0.717, 1.165) is 31.4 Å². The van der Waals surface area contributed by atoms with Gasteiger partial charge in [-0.2, -0.15) is 0 Å². The molecule has 0 aliphatic rings. The summed E-state index contributed by atoms with van der Waals surface area (Å²) in [6.07, 6.45) is 22.0. The highest BCUT2D eigenvalue weighted by Gasteiger charge is 2.11. The van der Waals surface area contributed by atoms with Crippen LogP contribution in [0.25, 0.3) is 0 Å². The van der Waals surface area contributed by atoms with Crippen LogP contribution in [-0.4, -0.2) is 44.0 Å². The summed E-state index contributed by atoms with van der Waals surface area (Å²) in [4.78, 5) is 26.6. The van der Waals surface area contributed by atoms with Crippen molar-refractivity contribution in [3.8, 4) is 5.75 Å². The van der Waals surface area contributed by atoms with E-state index in [9.17, 15) is 9.59 Å². The molecular weight excluding hydrogens is 460 g/mol. The number of rotatable bonds is 24. The van der Waals surface area contributed by atoms with Gasteiger partial charge in [-0.1, -0.05) is 115 Å². The largest absolute Gasteiger partial charge is 0.426 e. The van der Waals surface area contributed by atoms with E-state index in [1.165, 1.54) is 83.5 Å². The Kier molecular flexibility index (Phi) is 20.8. The van der Waals surface area contributed by atoms with E-state index < -0.39 is 0 Å². The van der Waals surface area contributed by atoms with Crippen molar-refractivity contribution in [2.45, 2.75) is 129 Å². The number of ether oxygens (including phenoxy) is 1. The number of para-hydroxylation sites is 1. The minimum Gasteiger partial charge on any atom is -0.426 e. The molecule has 0 aliphatic heterocycles. The average Bonchev–Trinajstić information content (AvgIpc) is 2.88. The maximum Gasteiger partial charge on any atom is 0.311 e. The Morgan fingerprint density at radius 1 is 0.730 bits per heavy atom. The molecule has 0 aromatic heterocycles. The zero-order valence-electron chi connectivity index (χ0n) is 24.3. The zero-order valence-corrected chi connectivity index (χ0v) is 24.3. The van der Waals surface area contributed by atoms with Gasteiger partial charge >= 0.3 is 5.97 Å². The van der Waals surface area contributed by atoms with Gasteiger partial charge in [0.1, 0.15) is 5.75 Å². The minimum atomic E-state index is -0.171. The second-order valence-corrected chi connectivity index (χ2v) is 10.8. The van der Waals surface area contributed by atoms with Crippen molar-refractivity contribution in [1.82, 2.24) is 10.2 Å². The van der Waals surface area contributed by atoms with Crippen LogP contribution in [0.4, 0.5) is 0 Å². The Balaban J connectivity index is 2.06. The lowest BCUT2D eigenvalue weighted by Crippen LogP contribution is -2.27. The Labute approximate surface area is 228 Å². The molecule has 37 heavy (non-hydrogen) atoms. The Bertz CT molecular complexity index is 705. The highest BCUT2D eigenvalue weighted by atomic mass is 16.5. The second-order valence-electron chi connectivity index (χ2n) is 10.8. The van der Waals surface area contributed by atoms with Crippen molar-refractivity contribution in [2.75, 3.05) is 27.2 Å². The van der Waals surface area contributed by atoms with Crippen LogP contribution in [-0.2, 0) is 16.0 Å². The zero-order chi connectivity index (χ0) is 27.0. The number of carbonyl (C=O) groups is 2. The Morgan fingerprint density at radius 2 is 1.27 bits per heavy atom. The maximum absolute atomic E-state index is 12.4. The summed E-state index contributed by atoms with van der Waals surface area (Å²) >= 11 is 0. The molecule has 1 rings (SSSR count). The first-order chi connectivity index (χ1) is 18.0. The number of hydrogen-bond acceptors (Lipinski definition) is 4. The molecule has 1 amide bonds. The van der Waals surface area contributed by atoms with Gasteiger partial charge in [-0.15, -0.1) is 0 Å². The highest BCUT2D eigenvalue weighted by molar-refractivity contribution is 5.76. The summed E-state index contributed by atoms with van der Waals surface area (Å²) in [7, 11) is 4.06. The fraction of sp³-hybridized carbons (Fsp3) is 0.750. The lowest BCUT2D eigenvalue weighted by atomic mass is 10.0. The third-order valence-corrected chi connectivity index (χ3v) is 6.91. The van der Waals surface area contributed by atoms with Crippen molar-refractivity contribution in [3.05, 3.63) is 29.8 Å². The number of esters is 1. The van der Waals surface area contributed by atoms with Crippen LogP contribution < -0.4 is 10.1 Å². The average molecular weight is 517 g/mol. The Morgan fingerprint density at radius 3 is 1.84 bits per heavy atom. The minimum absolute atomic E-state index is 0.0395. The fourth-order valence-electron chi connectivity index (χ4n) is 4.58. The molecule has 1 N–H and O–H groups in total. The number of unbranched alkanes of at least 4 members (excludes halogenated alkanes) is 14. The van der Waals surface area contributed by atoms with E-state index in [4.69, 9.17) is 4.74 Å². The van der Waals surface area contributed by atoms with Gasteiger partial charge in [0.15, 0.2) is 0 Å². The maximum atomic E-state index is 12.4. The van der Waals surface area contributed by atoms with Gasteiger partial charge in [0, 0.05) is 19.4 Å². The van der Waals surface area contributed by atoms with Gasteiger partial charge in [0.2, 0.25) is 5.91 Å². The smallest absolute Gasteiger partial charge is 0.311 e. The molecule has 0 saturated heterocycles. The first-order valence-corrected chi connectivity index (χ1v) is 15.2. The molecule has 0 radical (unpaired) electrons. The molecule has 0 bridgehead atoms. The lowest BCUT2D eigenvalue weighted by Gasteiger charge is -2.11. The van der Waals surface area contributed by atoms with Crippen molar-refractivity contribution in [2.24, 2.45) is 0 Å². The second kappa shape index (κ2) is 23.3. The molecular formula is C32H56N2O3. The quantitative estimate of drug-likeness (QED) is 0.0863. The van der Waals surface area contributed by atoms with Gasteiger partial charge in [-0.05, 0) is 51.5 Å². The van der Waals surface area contributed by atoms with Crippen LogP contribution in [0, 0.1) is 0 Å². The number of carbonyl (C=O) groups excluding carboxylic acids is 2. The van der Waals surface area contributed by atoms with Gasteiger partial charge in [0.05, 0.1) is 0 Å². The summed E-state index contributed by atoms with van der Waals surface area (Å²) < 4.78 is 5.65. The third kappa shape index (κ3) is 19.8. The van der Waals surface area contributed by atoms with Crippen LogP contribution in [0.1, 0.15) is 128 Å². The summed E-state index contributed by atoms with van der Waals surface area (Å²) in [6, 6.07) is 7.57. The van der Waals surface area contributed by atoms with E-state index >= 15 is 0 Å². The monoisotopic (exact) mass is 516 g/mol. The van der Waals surface area contributed by atoms with E-state index in [0.29, 0.717) is 31.6 Å². The molecule has 5 nitrogen and oxygen atoms in total. The number of amides is 1. The molecule has 1 aromatic rings. The number of benzene rings is 1. The van der Waals surface area contributed by atoms with Crippen molar-refractivity contribution in [3.63, 3.8) is 0 Å². The van der Waals surface area contributed by atoms with Crippen LogP contribution in [0.5, 0.6) is 5.75 Å². The first kappa shape index (κ1) is 33.1. The summed E-state index contributed by atoms with van der Waals surface area (Å²) in [5, 5.41) is 2.97. The lowest BCUT2D eigenvalue weighted by molar-refractivity contribution is -0.134. The van der Waals surface area contributed by atoms with E-state index in [2.05, 4.69) is 17.1 Å². The number of nitrogens with zero attached hydrogens (tertiary/aromatic N) is 1. The van der Waals surface area contributed by atoms with Crippen LogP contribution in [0.2, 0.25) is 0 Å². The predicted molar refractivity (Wildman–Crippen MR) is 156 cm³/mol. The SMILES string of the molecule is CCCCCCCCCCCCCCCCCC(=O)Oc1ccccc1CCC(=O)NCCCN(C)C. The topological polar surface area (TPSA) is 58.6 Å². The fourth-order valence-corrected chi connectivity index (χ4v) is 4.58. The first-order valence-electron chi connectivity index (χ1n) is 15.2. The Hall–Kier alpha value is -1.88. The van der Waals surface area contributed by atoms with Crippen molar-refractivity contribution >= 4 is 11.9 Å². The highest BCUT2D eigenvalue weighted by Crippen LogP contribution is 2.21. The number of nitrogens with one attached hydrogen (secondary N) is 1. The van der Waals surface area contributed by atoms with Crippen LogP contribution in [0.15, 0.2) is 24.3 Å². The molecule has 0 spiro atoms. The van der Waals surface area contributed by atoms with Crippen LogP contribution in [0.3, 0.4) is 0 Å². The summed E-state index contributed by atoms with van der Waals surface area (Å²) in [5.74, 6) is 0.460. The standard InChI is InChI=1S/C32H56N2O3/c1-4-5-6-7-8-9-10-11-12-13-14-15-16-17-18-24-32(36)37-30-23-20-19-22-29(30)25-26-31(35)33-27-21-28-34(2)3/h19-20,22-23H,4-18,21,24-28H2,1-3H3,(H,33,35). The van der Waals surface area contributed by atoms with Gasteiger partial charge in [-0.3, -0.25) is 9.59 Å². The van der Waals surface area contributed by atoms with E-state index in [-0.39, 0.29) is 11.9 Å². The molecule has 0 atom stereocenters. The van der Waals surface area contributed by atoms with Crippen molar-refractivity contribution < 1.29 is 14.3 Å². The van der Waals surface area contributed by atoms with Gasteiger partial charge in [0.25, 0.3) is 0 Å². The third-order valence-electron chi connectivity index (χ3n) is 6.91. The molecule has 0 aliphatic carbocycles. The molecule has 212 valence electrons. The number of aryl methyl sites for hydroxylation is 1. The van der Waals surface area contributed by atoms with Crippen molar-refractivity contribution in [1.29, 1.82) is 0 Å². The normalized spacial score (nSPS) is 11.1. The molecule has 0 fully saturated rings. The molecule has 0 unspecified atom stereocenters. The van der Waals surface area contributed by atoms with Crippen LogP contribution >= 0.6 is 0 Å². The van der Waals surface area contributed by atoms with Gasteiger partial charge < -0.3 is 15.0 Å². The summed E-state index contributed by atoms with van der Waals surface area (Å²) in [6.45, 7) is 3.92. The summed E-state index contributed by atoms with van der Waals surface area (Å²) in [5.41, 5.74) is 0.913.